The highest BCUT2D eigenvalue weighted by molar-refractivity contribution is 6.14. The maximum Gasteiger partial charge on any atom is 0.164 e. The van der Waals surface area contributed by atoms with Crippen molar-refractivity contribution in [2.45, 2.75) is 0 Å². The Labute approximate surface area is 297 Å². The van der Waals surface area contributed by atoms with Crippen LogP contribution in [0.2, 0.25) is 0 Å². The van der Waals surface area contributed by atoms with E-state index >= 15 is 0 Å². The fourth-order valence-electron chi connectivity index (χ4n) is 6.43. The van der Waals surface area contributed by atoms with Crippen molar-refractivity contribution in [2.75, 3.05) is 0 Å². The van der Waals surface area contributed by atoms with Crippen molar-refractivity contribution in [1.82, 2.24) is 15.0 Å². The molecule has 0 fully saturated rings. The fraction of sp³-hybridized carbons (Fsp3) is 0. The summed E-state index contributed by atoms with van der Waals surface area (Å²) in [6, 6.07) is 24.0. The molecule has 0 aliphatic rings. The third kappa shape index (κ3) is 4.57. The Bertz CT molecular complexity index is 3500. The topological polar surface area (TPSA) is 51.8 Å². The number of furan rings is 1. The summed E-state index contributed by atoms with van der Waals surface area (Å²) in [7, 11) is 0. The monoisotopic (exact) mass is 636 g/mol. The van der Waals surface area contributed by atoms with Crippen LogP contribution >= 0.6 is 0 Å². The second-order valence-corrected chi connectivity index (χ2v) is 11.5. The smallest absolute Gasteiger partial charge is 0.164 e. The summed E-state index contributed by atoms with van der Waals surface area (Å²) in [4.78, 5) is 14.0. The van der Waals surface area contributed by atoms with Crippen LogP contribution in [0.5, 0.6) is 0 Å². The second-order valence-electron chi connectivity index (χ2n) is 11.5. The van der Waals surface area contributed by atoms with Gasteiger partial charge < -0.3 is 4.42 Å². The maximum atomic E-state index is 9.68. The summed E-state index contributed by atoms with van der Waals surface area (Å²) < 4.78 is 105. The van der Waals surface area contributed by atoms with E-state index in [1.165, 1.54) is 0 Å². The van der Waals surface area contributed by atoms with E-state index < -0.39 is 54.4 Å². The Balaban J connectivity index is 1.31. The molecule has 228 valence electrons. The van der Waals surface area contributed by atoms with Gasteiger partial charge in [0.2, 0.25) is 0 Å². The number of hydrogen-bond donors (Lipinski definition) is 0. The molecule has 0 amide bonds. The van der Waals surface area contributed by atoms with Gasteiger partial charge in [0.15, 0.2) is 17.5 Å². The molecule has 2 aromatic heterocycles. The summed E-state index contributed by atoms with van der Waals surface area (Å²) in [5.74, 6) is -0.726. The third-order valence-corrected chi connectivity index (χ3v) is 8.64. The zero-order valence-corrected chi connectivity index (χ0v) is 25.5. The fourth-order valence-corrected chi connectivity index (χ4v) is 6.43. The highest BCUT2D eigenvalue weighted by Crippen LogP contribution is 2.38. The number of hydrogen-bond acceptors (Lipinski definition) is 4. The predicted molar refractivity (Wildman–Crippen MR) is 201 cm³/mol. The highest BCUT2D eigenvalue weighted by atomic mass is 16.3. The molecule has 0 aliphatic carbocycles. The molecule has 0 saturated carbocycles. The number of rotatable bonds is 4. The van der Waals surface area contributed by atoms with Crippen molar-refractivity contribution >= 4 is 54.3 Å². The summed E-state index contributed by atoms with van der Waals surface area (Å²) in [5.41, 5.74) is 1.38. The first kappa shape index (κ1) is 18.6. The normalized spacial score (nSPS) is 14.8. The van der Waals surface area contributed by atoms with Gasteiger partial charge in [-0.15, -0.1) is 0 Å². The van der Waals surface area contributed by atoms with E-state index in [4.69, 9.17) is 16.3 Å². The van der Waals surface area contributed by atoms with E-state index in [1.54, 1.807) is 24.3 Å². The van der Waals surface area contributed by atoms with Crippen LogP contribution in [0.15, 0.2) is 168 Å². The molecular weight excluding hydrogens is 599 g/mol. The molecule has 49 heavy (non-hydrogen) atoms. The third-order valence-electron chi connectivity index (χ3n) is 8.64. The lowest BCUT2D eigenvalue weighted by Crippen LogP contribution is -2.00. The van der Waals surface area contributed by atoms with Gasteiger partial charge >= 0.3 is 0 Å². The van der Waals surface area contributed by atoms with Gasteiger partial charge in [-0.1, -0.05) is 133 Å². The Morgan fingerprint density at radius 1 is 0.429 bits per heavy atom. The summed E-state index contributed by atoms with van der Waals surface area (Å²) in [5, 5.41) is 4.30. The maximum absolute atomic E-state index is 9.68. The van der Waals surface area contributed by atoms with Gasteiger partial charge in [0.1, 0.15) is 11.2 Å². The lowest BCUT2D eigenvalue weighted by atomic mass is 9.92. The zero-order chi connectivity index (χ0) is 41.9. The van der Waals surface area contributed by atoms with Crippen molar-refractivity contribution in [3.05, 3.63) is 164 Å². The first-order valence-electron chi connectivity index (χ1n) is 21.1. The number of aromatic nitrogens is 3. The average Bonchev–Trinajstić information content (AvgIpc) is 3.65. The average molecular weight is 637 g/mol. The van der Waals surface area contributed by atoms with Gasteiger partial charge in [0.25, 0.3) is 0 Å². The molecule has 0 N–H and O–H groups in total. The van der Waals surface area contributed by atoms with Crippen LogP contribution in [0.4, 0.5) is 0 Å². The molecule has 0 aliphatic heterocycles. The van der Waals surface area contributed by atoms with Crippen LogP contribution in [0, 0.1) is 0 Å². The van der Waals surface area contributed by atoms with Crippen LogP contribution < -0.4 is 0 Å². The molecule has 0 atom stereocenters. The van der Waals surface area contributed by atoms with Gasteiger partial charge in [-0.25, -0.2) is 15.0 Å². The van der Waals surface area contributed by atoms with E-state index in [2.05, 4.69) is 9.97 Å². The van der Waals surface area contributed by atoms with E-state index in [1.807, 2.05) is 72.8 Å². The van der Waals surface area contributed by atoms with Crippen molar-refractivity contribution in [1.29, 1.82) is 0 Å². The van der Waals surface area contributed by atoms with Crippen molar-refractivity contribution in [3.63, 3.8) is 0 Å². The second kappa shape index (κ2) is 11.0. The molecule has 0 radical (unpaired) electrons. The van der Waals surface area contributed by atoms with Gasteiger partial charge in [-0.05, 0) is 73.7 Å². The molecule has 0 saturated heterocycles. The van der Waals surface area contributed by atoms with E-state index in [0.29, 0.717) is 27.7 Å². The quantitative estimate of drug-likeness (QED) is 0.180. The van der Waals surface area contributed by atoms with Crippen LogP contribution in [0.25, 0.3) is 99.5 Å². The van der Waals surface area contributed by atoms with Crippen LogP contribution in [-0.2, 0) is 0 Å². The Morgan fingerprint density at radius 3 is 1.94 bits per heavy atom. The van der Waals surface area contributed by atoms with Gasteiger partial charge in [0, 0.05) is 27.5 Å². The highest BCUT2D eigenvalue weighted by Gasteiger charge is 2.18. The lowest BCUT2D eigenvalue weighted by Gasteiger charge is -2.12. The van der Waals surface area contributed by atoms with Crippen LogP contribution in [-0.4, -0.2) is 15.0 Å². The first-order chi connectivity index (χ1) is 28.9. The van der Waals surface area contributed by atoms with E-state index in [0.717, 1.165) is 26.9 Å². The standard InChI is InChI=1S/C45H27N3O/c1-2-11-29(12-3-1)43-46-44(48-45(47-43)38-18-10-20-41-42(38)37-17-8-9-19-40(37)49-41)32-24-22-28-21-23-31(25-33(28)26-32)39-27-30-13-4-5-14-34(30)35-15-6-7-16-36(35)39/h1-27H/i1D,2D,3D,11D,12D,21D,22D,23D,24D,25D,26D. The molecule has 10 aromatic rings. The van der Waals surface area contributed by atoms with E-state index in [-0.39, 0.29) is 57.0 Å². The zero-order valence-electron chi connectivity index (χ0n) is 36.5. The molecule has 8 aromatic carbocycles. The number of benzene rings is 8. The van der Waals surface area contributed by atoms with E-state index in [9.17, 15) is 8.22 Å². The predicted octanol–water partition coefficient (Wildman–Crippen LogP) is 11.9. The minimum atomic E-state index is -0.624. The van der Waals surface area contributed by atoms with Crippen molar-refractivity contribution in [2.24, 2.45) is 0 Å². The summed E-state index contributed by atoms with van der Waals surface area (Å²) >= 11 is 0. The molecule has 0 unspecified atom stereocenters. The molecule has 4 heteroatoms. The van der Waals surface area contributed by atoms with Gasteiger partial charge in [-0.3, -0.25) is 0 Å². The van der Waals surface area contributed by atoms with Crippen molar-refractivity contribution < 1.29 is 19.5 Å². The number of nitrogens with zero attached hydrogens (tertiary/aromatic N) is 3. The molecule has 2 heterocycles. The molecule has 4 nitrogen and oxygen atoms in total. The minimum Gasteiger partial charge on any atom is -0.456 e. The van der Waals surface area contributed by atoms with Crippen LogP contribution in [0.1, 0.15) is 15.1 Å². The van der Waals surface area contributed by atoms with Gasteiger partial charge in [-0.2, -0.15) is 0 Å². The Hall–Kier alpha value is -6.65. The summed E-state index contributed by atoms with van der Waals surface area (Å²) in [6.07, 6.45) is 0. The largest absolute Gasteiger partial charge is 0.456 e. The van der Waals surface area contributed by atoms with Gasteiger partial charge in [0.05, 0.1) is 15.1 Å². The lowest BCUT2D eigenvalue weighted by molar-refractivity contribution is 0.669. The first-order valence-corrected chi connectivity index (χ1v) is 15.6. The summed E-state index contributed by atoms with van der Waals surface area (Å²) in [6.45, 7) is 0. The Kier molecular flexibility index (Phi) is 4.17. The Morgan fingerprint density at radius 2 is 1.08 bits per heavy atom. The molecular formula is C45H27N3O. The van der Waals surface area contributed by atoms with Crippen molar-refractivity contribution in [3.8, 4) is 45.3 Å². The molecule has 0 bridgehead atoms. The SMILES string of the molecule is [2H]c1c([2H])c([2H])c(-c2nc(-c3c([2H])c([2H])c4c([2H])c([2H])c(-c5cc6ccccc6c6ccccc56)c([2H])c4c3[2H])nc(-c3cccc4oc5ccccc5c34)n2)c([2H])c1[2H]. The van der Waals surface area contributed by atoms with Crippen LogP contribution in [0.3, 0.4) is 0 Å². The molecule has 10 rings (SSSR count). The number of fused-ring (bicyclic) bond motifs is 7. The minimum absolute atomic E-state index is 0.0403. The molecule has 0 spiro atoms. The number of para-hydroxylation sites is 1.